The minimum absolute atomic E-state index is 0.0937. The normalized spacial score (nSPS) is 16.2. The Hall–Kier alpha value is -4.07. The van der Waals surface area contributed by atoms with Gasteiger partial charge in [0.15, 0.2) is 23.0 Å². The quantitative estimate of drug-likeness (QED) is 0.605. The monoisotopic (exact) mass is 448 g/mol. The second-order valence-electron chi connectivity index (χ2n) is 7.66. The Bertz CT molecular complexity index is 1210. The van der Waals surface area contributed by atoms with Crippen molar-refractivity contribution in [3.8, 4) is 28.7 Å². The molecule has 0 aromatic heterocycles. The number of rotatable bonds is 6. The fourth-order valence-corrected chi connectivity index (χ4v) is 4.20. The van der Waals surface area contributed by atoms with Gasteiger partial charge in [0.1, 0.15) is 11.9 Å². The molecule has 0 spiro atoms. The van der Waals surface area contributed by atoms with Gasteiger partial charge in [-0.05, 0) is 35.9 Å². The molecule has 0 aliphatic carbocycles. The third-order valence-corrected chi connectivity index (χ3v) is 5.84. The van der Waals surface area contributed by atoms with E-state index < -0.39 is 6.17 Å². The fourth-order valence-electron chi connectivity index (χ4n) is 4.20. The van der Waals surface area contributed by atoms with Gasteiger partial charge in [-0.15, -0.1) is 0 Å². The predicted octanol–water partition coefficient (Wildman–Crippen LogP) is 4.21. The van der Waals surface area contributed by atoms with Crippen LogP contribution in [-0.2, 0) is 6.54 Å². The topological polar surface area (TPSA) is 78.5 Å². The van der Waals surface area contributed by atoms with Crippen LogP contribution in [0.25, 0.3) is 0 Å². The standard InChI is InChI=1S/C25H24N2O6/c1-29-20-12-22(31-3)21(30-2)11-17(20)24-26-18-7-5-4-6-16(18)25(28)27(24)13-15-8-9-19-23(10-15)33-14-32-19/h4-12,24,26H,13-14H2,1-3H3. The van der Waals surface area contributed by atoms with Gasteiger partial charge in [0.05, 0.1) is 26.9 Å². The lowest BCUT2D eigenvalue weighted by Crippen LogP contribution is -2.42. The molecule has 1 atom stereocenters. The van der Waals surface area contributed by atoms with Gasteiger partial charge in [0.2, 0.25) is 6.79 Å². The Labute approximate surface area is 191 Å². The summed E-state index contributed by atoms with van der Waals surface area (Å²) in [6.45, 7) is 0.542. The zero-order chi connectivity index (χ0) is 22.9. The maximum Gasteiger partial charge on any atom is 0.258 e. The van der Waals surface area contributed by atoms with E-state index in [0.29, 0.717) is 40.9 Å². The van der Waals surface area contributed by atoms with Gasteiger partial charge < -0.3 is 33.9 Å². The largest absolute Gasteiger partial charge is 0.496 e. The molecule has 0 fully saturated rings. The molecular formula is C25H24N2O6. The summed E-state index contributed by atoms with van der Waals surface area (Å²) in [5, 5.41) is 3.50. The van der Waals surface area contributed by atoms with Crippen LogP contribution in [0.15, 0.2) is 54.6 Å². The lowest BCUT2D eigenvalue weighted by Gasteiger charge is -2.39. The van der Waals surface area contributed by atoms with Gasteiger partial charge in [0.25, 0.3) is 5.91 Å². The van der Waals surface area contributed by atoms with Crippen LogP contribution in [0, 0.1) is 0 Å². The van der Waals surface area contributed by atoms with Crippen LogP contribution < -0.4 is 29.0 Å². The Kier molecular flexibility index (Phi) is 5.34. The first-order chi connectivity index (χ1) is 16.1. The van der Waals surface area contributed by atoms with Gasteiger partial charge in [-0.25, -0.2) is 0 Å². The Morgan fingerprint density at radius 2 is 1.64 bits per heavy atom. The molecule has 33 heavy (non-hydrogen) atoms. The van der Waals surface area contributed by atoms with Crippen LogP contribution in [0.2, 0.25) is 0 Å². The Morgan fingerprint density at radius 1 is 0.909 bits per heavy atom. The molecule has 0 saturated heterocycles. The van der Waals surface area contributed by atoms with Crippen molar-refractivity contribution in [2.75, 3.05) is 33.4 Å². The molecular weight excluding hydrogens is 424 g/mol. The second kappa shape index (κ2) is 8.46. The maximum atomic E-state index is 13.6. The highest BCUT2D eigenvalue weighted by atomic mass is 16.7. The SMILES string of the molecule is COc1cc(OC)c(C2Nc3ccccc3C(=O)N2Cc2ccc3c(c2)OCO3)cc1OC. The van der Waals surface area contributed by atoms with Gasteiger partial charge in [-0.3, -0.25) is 4.79 Å². The van der Waals surface area contributed by atoms with E-state index in [-0.39, 0.29) is 12.7 Å². The van der Waals surface area contributed by atoms with Crippen molar-refractivity contribution in [3.63, 3.8) is 0 Å². The van der Waals surface area contributed by atoms with E-state index in [2.05, 4.69) is 5.32 Å². The number of amides is 1. The van der Waals surface area contributed by atoms with Crippen molar-refractivity contribution in [2.24, 2.45) is 0 Å². The van der Waals surface area contributed by atoms with Crippen LogP contribution in [0.4, 0.5) is 5.69 Å². The summed E-state index contributed by atoms with van der Waals surface area (Å²) in [6.07, 6.45) is -0.507. The number of nitrogens with one attached hydrogen (secondary N) is 1. The summed E-state index contributed by atoms with van der Waals surface area (Å²) in [5.74, 6) is 2.94. The minimum atomic E-state index is -0.507. The molecule has 1 amide bonds. The summed E-state index contributed by atoms with van der Waals surface area (Å²) >= 11 is 0. The predicted molar refractivity (Wildman–Crippen MR) is 121 cm³/mol. The van der Waals surface area contributed by atoms with Crippen molar-refractivity contribution in [3.05, 3.63) is 71.3 Å². The van der Waals surface area contributed by atoms with Crippen molar-refractivity contribution >= 4 is 11.6 Å². The molecule has 0 radical (unpaired) electrons. The highest BCUT2D eigenvalue weighted by molar-refractivity contribution is 6.01. The molecule has 3 aromatic rings. The number of benzene rings is 3. The number of methoxy groups -OCH3 is 3. The number of nitrogens with zero attached hydrogens (tertiary/aromatic N) is 1. The molecule has 170 valence electrons. The lowest BCUT2D eigenvalue weighted by atomic mass is 10.0. The number of hydrogen-bond donors (Lipinski definition) is 1. The molecule has 3 aromatic carbocycles. The van der Waals surface area contributed by atoms with E-state index in [0.717, 1.165) is 16.8 Å². The maximum absolute atomic E-state index is 13.6. The van der Waals surface area contributed by atoms with Crippen molar-refractivity contribution < 1.29 is 28.5 Å². The third kappa shape index (κ3) is 3.63. The first kappa shape index (κ1) is 20.8. The number of anilines is 1. The number of fused-ring (bicyclic) bond motifs is 2. The molecule has 0 bridgehead atoms. The van der Waals surface area contributed by atoms with E-state index in [9.17, 15) is 4.79 Å². The molecule has 2 aliphatic rings. The molecule has 8 heteroatoms. The average Bonchev–Trinajstić information content (AvgIpc) is 3.32. The fraction of sp³-hybridized carbons (Fsp3) is 0.240. The lowest BCUT2D eigenvalue weighted by molar-refractivity contribution is 0.0664. The van der Waals surface area contributed by atoms with Gasteiger partial charge in [0, 0.05) is 23.9 Å². The number of hydrogen-bond acceptors (Lipinski definition) is 7. The second-order valence-corrected chi connectivity index (χ2v) is 7.66. The van der Waals surface area contributed by atoms with Gasteiger partial charge in [-0.2, -0.15) is 0 Å². The number of ether oxygens (including phenoxy) is 5. The van der Waals surface area contributed by atoms with Crippen molar-refractivity contribution in [1.29, 1.82) is 0 Å². The molecule has 5 rings (SSSR count). The highest BCUT2D eigenvalue weighted by Gasteiger charge is 2.35. The number of para-hydroxylation sites is 1. The minimum Gasteiger partial charge on any atom is -0.496 e. The molecule has 0 saturated carbocycles. The summed E-state index contributed by atoms with van der Waals surface area (Å²) in [6, 6.07) is 16.8. The molecule has 2 aliphatic heterocycles. The van der Waals surface area contributed by atoms with Crippen molar-refractivity contribution in [1.82, 2.24) is 4.90 Å². The number of carbonyl (C=O) groups excluding carboxylic acids is 1. The highest BCUT2D eigenvalue weighted by Crippen LogP contribution is 2.43. The van der Waals surface area contributed by atoms with Crippen LogP contribution >= 0.6 is 0 Å². The van der Waals surface area contributed by atoms with Crippen LogP contribution in [0.1, 0.15) is 27.7 Å². The van der Waals surface area contributed by atoms with Gasteiger partial charge >= 0.3 is 0 Å². The third-order valence-electron chi connectivity index (χ3n) is 5.84. The molecule has 8 nitrogen and oxygen atoms in total. The Balaban J connectivity index is 1.60. The molecule has 2 heterocycles. The summed E-state index contributed by atoms with van der Waals surface area (Å²) in [4.78, 5) is 15.4. The first-order valence-corrected chi connectivity index (χ1v) is 10.5. The average molecular weight is 448 g/mol. The first-order valence-electron chi connectivity index (χ1n) is 10.5. The van der Waals surface area contributed by atoms with E-state index in [4.69, 9.17) is 23.7 Å². The van der Waals surface area contributed by atoms with E-state index >= 15 is 0 Å². The van der Waals surface area contributed by atoms with E-state index in [1.807, 2.05) is 48.5 Å². The van der Waals surface area contributed by atoms with Crippen LogP contribution in [0.5, 0.6) is 28.7 Å². The molecule has 1 unspecified atom stereocenters. The van der Waals surface area contributed by atoms with E-state index in [1.54, 1.807) is 32.3 Å². The van der Waals surface area contributed by atoms with Gasteiger partial charge in [-0.1, -0.05) is 18.2 Å². The van der Waals surface area contributed by atoms with Crippen LogP contribution in [-0.4, -0.2) is 38.9 Å². The van der Waals surface area contributed by atoms with Crippen molar-refractivity contribution in [2.45, 2.75) is 12.7 Å². The summed E-state index contributed by atoms with van der Waals surface area (Å²) in [5.41, 5.74) is 3.03. The zero-order valence-electron chi connectivity index (χ0n) is 18.6. The van der Waals surface area contributed by atoms with Crippen LogP contribution in [0.3, 0.4) is 0 Å². The zero-order valence-corrected chi connectivity index (χ0v) is 18.6. The Morgan fingerprint density at radius 3 is 2.42 bits per heavy atom. The summed E-state index contributed by atoms with van der Waals surface area (Å²) < 4.78 is 27.6. The molecule has 1 N–H and O–H groups in total. The van der Waals surface area contributed by atoms with E-state index in [1.165, 1.54) is 0 Å². The smallest absolute Gasteiger partial charge is 0.258 e. The summed E-state index contributed by atoms with van der Waals surface area (Å²) in [7, 11) is 4.74. The number of carbonyl (C=O) groups is 1.